The van der Waals surface area contributed by atoms with Gasteiger partial charge in [-0.3, -0.25) is 9.59 Å². The molecule has 2 atom stereocenters. The Kier molecular flexibility index (Phi) is 8.83. The second-order valence-electron chi connectivity index (χ2n) is 8.07. The van der Waals surface area contributed by atoms with Crippen LogP contribution in [0.25, 0.3) is 0 Å². The fourth-order valence-electron chi connectivity index (χ4n) is 3.89. The molecule has 1 aliphatic carbocycles. The summed E-state index contributed by atoms with van der Waals surface area (Å²) in [7, 11) is 1.72. The van der Waals surface area contributed by atoms with Gasteiger partial charge in [-0.05, 0) is 43.5 Å². The van der Waals surface area contributed by atoms with E-state index in [2.05, 4.69) is 20.6 Å². The highest BCUT2D eigenvalue weighted by molar-refractivity contribution is 5.94. The Balaban J connectivity index is 0.00000408. The SMILES string of the molecule is C.CCCN(C)C(=O)c1ccc(Nc2ncc(C(F)(F)F)c(N[C@@H]3CCC[C@@H]3C(N)=O)n2)cc1. The van der Waals surface area contributed by atoms with Crippen LogP contribution in [0.15, 0.2) is 30.5 Å². The molecule has 1 aromatic carbocycles. The number of anilines is 3. The third kappa shape index (κ3) is 6.36. The monoisotopic (exact) mass is 480 g/mol. The van der Waals surface area contributed by atoms with E-state index in [1.54, 1.807) is 36.2 Å². The first-order valence-electron chi connectivity index (χ1n) is 10.7. The highest BCUT2D eigenvalue weighted by atomic mass is 19.4. The van der Waals surface area contributed by atoms with Gasteiger partial charge in [0.05, 0.1) is 5.92 Å². The van der Waals surface area contributed by atoms with Gasteiger partial charge >= 0.3 is 6.18 Å². The van der Waals surface area contributed by atoms with Crippen molar-refractivity contribution >= 4 is 29.3 Å². The van der Waals surface area contributed by atoms with E-state index < -0.39 is 35.4 Å². The number of hydrogen-bond donors (Lipinski definition) is 3. The summed E-state index contributed by atoms with van der Waals surface area (Å²) in [6.07, 6.45) is -1.42. The lowest BCUT2D eigenvalue weighted by Crippen LogP contribution is -2.35. The van der Waals surface area contributed by atoms with Crippen LogP contribution in [-0.2, 0) is 11.0 Å². The van der Waals surface area contributed by atoms with Gasteiger partial charge in [-0.15, -0.1) is 0 Å². The van der Waals surface area contributed by atoms with Crippen molar-refractivity contribution in [1.29, 1.82) is 0 Å². The summed E-state index contributed by atoms with van der Waals surface area (Å²) in [6, 6.07) is 5.96. The molecule has 1 heterocycles. The standard InChI is InChI=1S/C22H27F3N6O2.CH4/c1-3-11-31(2)20(33)13-7-9-14(10-8-13)28-21-27-12-16(22(23,24)25)19(30-21)29-17-6-4-5-15(17)18(26)32;/h7-10,12,15,17H,3-6,11H2,1-2H3,(H2,26,32)(H2,27,28,29,30);1H4/t15-,17+;/m0./s1. The number of hydrogen-bond acceptors (Lipinski definition) is 6. The van der Waals surface area contributed by atoms with E-state index >= 15 is 0 Å². The smallest absolute Gasteiger partial charge is 0.369 e. The second kappa shape index (κ2) is 11.2. The van der Waals surface area contributed by atoms with Gasteiger partial charge in [0.2, 0.25) is 11.9 Å². The van der Waals surface area contributed by atoms with Crippen molar-refractivity contribution in [3.63, 3.8) is 0 Å². The number of nitrogens with two attached hydrogens (primary N) is 1. The molecule has 1 saturated carbocycles. The molecule has 0 aliphatic heterocycles. The van der Waals surface area contributed by atoms with Crippen LogP contribution < -0.4 is 16.4 Å². The maximum absolute atomic E-state index is 13.5. The number of amides is 2. The van der Waals surface area contributed by atoms with E-state index in [1.807, 2.05) is 6.92 Å². The Morgan fingerprint density at radius 2 is 1.88 bits per heavy atom. The van der Waals surface area contributed by atoms with Crippen LogP contribution in [0.2, 0.25) is 0 Å². The van der Waals surface area contributed by atoms with Gasteiger partial charge in [-0.25, -0.2) is 4.98 Å². The minimum atomic E-state index is -4.67. The lowest BCUT2D eigenvalue weighted by molar-refractivity contribution is -0.137. The number of alkyl halides is 3. The summed E-state index contributed by atoms with van der Waals surface area (Å²) in [5.41, 5.74) is 5.37. The van der Waals surface area contributed by atoms with Crippen LogP contribution in [0.4, 0.5) is 30.6 Å². The summed E-state index contributed by atoms with van der Waals surface area (Å²) < 4.78 is 40.5. The molecule has 2 amide bonds. The third-order valence-corrected chi connectivity index (χ3v) is 5.59. The fourth-order valence-corrected chi connectivity index (χ4v) is 3.89. The van der Waals surface area contributed by atoms with Crippen LogP contribution in [0.5, 0.6) is 0 Å². The van der Waals surface area contributed by atoms with Gasteiger partial charge in [0, 0.05) is 37.1 Å². The molecule has 186 valence electrons. The summed E-state index contributed by atoms with van der Waals surface area (Å²) in [6.45, 7) is 2.61. The number of aromatic nitrogens is 2. The van der Waals surface area contributed by atoms with Crippen molar-refractivity contribution in [2.75, 3.05) is 24.2 Å². The minimum Gasteiger partial charge on any atom is -0.369 e. The molecule has 0 bridgehead atoms. The van der Waals surface area contributed by atoms with Gasteiger partial charge in [0.1, 0.15) is 11.4 Å². The highest BCUT2D eigenvalue weighted by Crippen LogP contribution is 2.36. The predicted molar refractivity (Wildman–Crippen MR) is 125 cm³/mol. The van der Waals surface area contributed by atoms with E-state index in [4.69, 9.17) is 5.73 Å². The van der Waals surface area contributed by atoms with Crippen molar-refractivity contribution in [1.82, 2.24) is 14.9 Å². The van der Waals surface area contributed by atoms with Crippen LogP contribution in [-0.4, -0.2) is 46.3 Å². The number of nitrogens with zero attached hydrogens (tertiary/aromatic N) is 3. The van der Waals surface area contributed by atoms with E-state index in [9.17, 15) is 22.8 Å². The number of nitrogens with one attached hydrogen (secondary N) is 2. The van der Waals surface area contributed by atoms with Crippen LogP contribution >= 0.6 is 0 Å². The molecule has 1 aromatic heterocycles. The number of rotatable bonds is 8. The molecular formula is C23H31F3N6O2. The fraction of sp³-hybridized carbons (Fsp3) is 0.478. The summed E-state index contributed by atoms with van der Waals surface area (Å²) >= 11 is 0. The van der Waals surface area contributed by atoms with Crippen molar-refractivity contribution in [3.8, 4) is 0 Å². The molecule has 4 N–H and O–H groups in total. The predicted octanol–water partition coefficient (Wildman–Crippen LogP) is 4.42. The molecule has 0 unspecified atom stereocenters. The molecule has 1 fully saturated rings. The zero-order chi connectivity index (χ0) is 24.2. The average molecular weight is 481 g/mol. The minimum absolute atomic E-state index is 0. The van der Waals surface area contributed by atoms with Crippen molar-refractivity contribution in [2.24, 2.45) is 11.7 Å². The number of carbonyl (C=O) groups is 2. The maximum Gasteiger partial charge on any atom is 0.421 e. The first kappa shape index (κ1) is 26.9. The van der Waals surface area contributed by atoms with Crippen molar-refractivity contribution in [2.45, 2.75) is 52.3 Å². The number of halogens is 3. The topological polar surface area (TPSA) is 113 Å². The van der Waals surface area contributed by atoms with E-state index in [0.717, 1.165) is 6.42 Å². The first-order chi connectivity index (χ1) is 15.6. The Labute approximate surface area is 197 Å². The van der Waals surface area contributed by atoms with Crippen LogP contribution in [0.1, 0.15) is 56.0 Å². The van der Waals surface area contributed by atoms with Crippen LogP contribution in [0, 0.1) is 5.92 Å². The Morgan fingerprint density at radius 3 is 2.47 bits per heavy atom. The van der Waals surface area contributed by atoms with Gasteiger partial charge in [0.15, 0.2) is 0 Å². The number of primary amides is 1. The average Bonchev–Trinajstić information content (AvgIpc) is 3.22. The van der Waals surface area contributed by atoms with Crippen molar-refractivity contribution in [3.05, 3.63) is 41.6 Å². The number of benzene rings is 1. The Hall–Kier alpha value is -3.37. The van der Waals surface area contributed by atoms with Gasteiger partial charge in [-0.2, -0.15) is 18.2 Å². The largest absolute Gasteiger partial charge is 0.421 e. The molecule has 2 aromatic rings. The summed E-state index contributed by atoms with van der Waals surface area (Å²) in [5.74, 6) is -1.70. The van der Waals surface area contributed by atoms with E-state index in [0.29, 0.717) is 43.3 Å². The van der Waals surface area contributed by atoms with Crippen molar-refractivity contribution < 1.29 is 22.8 Å². The lowest BCUT2D eigenvalue weighted by atomic mass is 10.0. The van der Waals surface area contributed by atoms with Gasteiger partial charge in [0.25, 0.3) is 5.91 Å². The van der Waals surface area contributed by atoms with Gasteiger partial charge < -0.3 is 21.3 Å². The molecule has 11 heteroatoms. The molecule has 0 saturated heterocycles. The lowest BCUT2D eigenvalue weighted by Gasteiger charge is -2.22. The zero-order valence-electron chi connectivity index (χ0n) is 18.4. The molecule has 8 nitrogen and oxygen atoms in total. The summed E-state index contributed by atoms with van der Waals surface area (Å²) in [5, 5.41) is 5.62. The third-order valence-electron chi connectivity index (χ3n) is 5.59. The highest BCUT2D eigenvalue weighted by Gasteiger charge is 2.38. The second-order valence-corrected chi connectivity index (χ2v) is 8.07. The number of carbonyl (C=O) groups excluding carboxylic acids is 2. The zero-order valence-corrected chi connectivity index (χ0v) is 18.4. The molecule has 1 aliphatic rings. The molecule has 34 heavy (non-hydrogen) atoms. The molecule has 0 spiro atoms. The molecular weight excluding hydrogens is 449 g/mol. The Morgan fingerprint density at radius 1 is 1.21 bits per heavy atom. The van der Waals surface area contributed by atoms with E-state index in [-0.39, 0.29) is 19.3 Å². The first-order valence-corrected chi connectivity index (χ1v) is 10.7. The molecule has 3 rings (SSSR count). The normalized spacial score (nSPS) is 17.6. The van der Waals surface area contributed by atoms with E-state index in [1.165, 1.54) is 0 Å². The maximum atomic E-state index is 13.5. The van der Waals surface area contributed by atoms with Gasteiger partial charge in [-0.1, -0.05) is 20.8 Å². The molecule has 0 radical (unpaired) electrons. The Bertz CT molecular complexity index is 997. The van der Waals surface area contributed by atoms with Crippen LogP contribution in [0.3, 0.4) is 0 Å². The summed E-state index contributed by atoms with van der Waals surface area (Å²) in [4.78, 5) is 33.4. The quantitative estimate of drug-likeness (QED) is 0.515.